The average molecular weight is 731 g/mol. The van der Waals surface area contributed by atoms with Crippen molar-refractivity contribution in [1.29, 1.82) is 0 Å². The van der Waals surface area contributed by atoms with E-state index in [0.29, 0.717) is 0 Å². The SMILES string of the molecule is CCC1CCC(CCc2ccc(-c3ccc(OC(F)F)cc3)cc2)CC1.CCCC1CCC(CCc2ccc(-c3ccc(OC(F)F)cc3)cc2)CC1. The molecule has 0 aromatic heterocycles. The molecule has 0 spiro atoms. The highest BCUT2D eigenvalue weighted by atomic mass is 19.3. The number of aryl methyl sites for hydroxylation is 2. The number of rotatable bonds is 15. The Labute approximate surface area is 315 Å². The molecule has 4 aromatic rings. The number of alkyl halides is 4. The molecular weight excluding hydrogens is 673 g/mol. The van der Waals surface area contributed by atoms with E-state index in [1.54, 1.807) is 24.3 Å². The van der Waals surface area contributed by atoms with E-state index in [9.17, 15) is 17.6 Å². The highest BCUT2D eigenvalue weighted by Gasteiger charge is 2.21. The first kappa shape index (κ1) is 40.4. The maximum atomic E-state index is 12.2. The second-order valence-electron chi connectivity index (χ2n) is 15.2. The Hall–Kier alpha value is -3.80. The molecule has 2 aliphatic carbocycles. The normalized spacial score (nSPS) is 20.2. The standard InChI is InChI=1S/C24H30F2O.C23H28F2O/c1-2-3-18-4-6-19(7-5-18)8-9-20-10-12-21(13-11-20)22-14-16-23(17-15-22)27-24(25)26;1-2-17-3-5-18(6-4-17)7-8-19-9-11-20(12-10-19)21-13-15-22(16-14-21)26-23(24)25/h10-19,24H,2-9H2,1H3;9-18,23H,2-8H2,1H3. The second-order valence-corrected chi connectivity index (χ2v) is 15.2. The maximum absolute atomic E-state index is 12.2. The Morgan fingerprint density at radius 3 is 1.04 bits per heavy atom. The minimum Gasteiger partial charge on any atom is -0.435 e. The van der Waals surface area contributed by atoms with Gasteiger partial charge < -0.3 is 9.47 Å². The second kappa shape index (κ2) is 21.2. The van der Waals surface area contributed by atoms with Crippen molar-refractivity contribution in [2.45, 2.75) is 123 Å². The van der Waals surface area contributed by atoms with Crippen molar-refractivity contribution in [1.82, 2.24) is 0 Å². The van der Waals surface area contributed by atoms with E-state index in [1.165, 1.54) is 94.6 Å². The summed E-state index contributed by atoms with van der Waals surface area (Å²) in [5.74, 6) is 4.10. The number of benzene rings is 4. The molecule has 0 saturated heterocycles. The summed E-state index contributed by atoms with van der Waals surface area (Å²) in [6, 6.07) is 30.9. The third-order valence-corrected chi connectivity index (χ3v) is 11.6. The Morgan fingerprint density at radius 2 is 0.736 bits per heavy atom. The Bertz CT molecular complexity index is 1570. The zero-order chi connectivity index (χ0) is 37.4. The van der Waals surface area contributed by atoms with Gasteiger partial charge in [-0.2, -0.15) is 17.6 Å². The van der Waals surface area contributed by atoms with Crippen LogP contribution in [0.3, 0.4) is 0 Å². The van der Waals surface area contributed by atoms with Crippen LogP contribution in [0.2, 0.25) is 0 Å². The van der Waals surface area contributed by atoms with E-state index in [0.717, 1.165) is 58.8 Å². The molecule has 2 nitrogen and oxygen atoms in total. The molecule has 0 bridgehead atoms. The van der Waals surface area contributed by atoms with Gasteiger partial charge >= 0.3 is 13.2 Å². The maximum Gasteiger partial charge on any atom is 0.387 e. The molecule has 0 N–H and O–H groups in total. The van der Waals surface area contributed by atoms with Crippen molar-refractivity contribution in [3.05, 3.63) is 108 Å². The van der Waals surface area contributed by atoms with Gasteiger partial charge in [0.2, 0.25) is 0 Å². The van der Waals surface area contributed by atoms with Gasteiger partial charge in [-0.15, -0.1) is 0 Å². The highest BCUT2D eigenvalue weighted by Crippen LogP contribution is 2.35. The van der Waals surface area contributed by atoms with Gasteiger partial charge in [0.25, 0.3) is 0 Å². The lowest BCUT2D eigenvalue weighted by atomic mass is 9.78. The zero-order valence-electron chi connectivity index (χ0n) is 31.6. The Kier molecular flexibility index (Phi) is 16.1. The summed E-state index contributed by atoms with van der Waals surface area (Å²) in [5.41, 5.74) is 6.98. The molecule has 6 rings (SSSR count). The van der Waals surface area contributed by atoms with Crippen molar-refractivity contribution >= 4 is 0 Å². The van der Waals surface area contributed by atoms with Crippen LogP contribution in [0, 0.1) is 23.7 Å². The molecule has 0 atom stereocenters. The molecule has 53 heavy (non-hydrogen) atoms. The van der Waals surface area contributed by atoms with Gasteiger partial charge in [-0.1, -0.05) is 157 Å². The molecule has 2 fully saturated rings. The van der Waals surface area contributed by atoms with Crippen LogP contribution in [0.15, 0.2) is 97.1 Å². The third kappa shape index (κ3) is 13.5. The molecular formula is C47H58F4O2. The fraction of sp³-hybridized carbons (Fsp3) is 0.489. The van der Waals surface area contributed by atoms with Crippen LogP contribution in [-0.2, 0) is 12.8 Å². The van der Waals surface area contributed by atoms with E-state index in [-0.39, 0.29) is 11.5 Å². The largest absolute Gasteiger partial charge is 0.435 e. The average Bonchev–Trinajstić information content (AvgIpc) is 3.18. The molecule has 4 aromatic carbocycles. The van der Waals surface area contributed by atoms with Crippen molar-refractivity contribution in [3.63, 3.8) is 0 Å². The number of halogens is 4. The van der Waals surface area contributed by atoms with E-state index >= 15 is 0 Å². The number of hydrogen-bond acceptors (Lipinski definition) is 2. The topological polar surface area (TPSA) is 18.5 Å². The van der Waals surface area contributed by atoms with E-state index < -0.39 is 13.2 Å². The fourth-order valence-electron chi connectivity index (χ4n) is 8.27. The molecule has 0 heterocycles. The molecule has 0 unspecified atom stereocenters. The minimum absolute atomic E-state index is 0.193. The van der Waals surface area contributed by atoms with Crippen LogP contribution in [0.1, 0.15) is 108 Å². The lowest BCUT2D eigenvalue weighted by Gasteiger charge is -2.28. The van der Waals surface area contributed by atoms with Crippen molar-refractivity contribution in [2.75, 3.05) is 0 Å². The van der Waals surface area contributed by atoms with Crippen LogP contribution in [0.5, 0.6) is 11.5 Å². The van der Waals surface area contributed by atoms with Crippen LogP contribution in [-0.4, -0.2) is 13.2 Å². The van der Waals surface area contributed by atoms with Gasteiger partial charge in [0, 0.05) is 0 Å². The molecule has 0 aliphatic heterocycles. The molecule has 2 saturated carbocycles. The van der Waals surface area contributed by atoms with Crippen molar-refractivity contribution in [2.24, 2.45) is 23.7 Å². The van der Waals surface area contributed by atoms with Gasteiger partial charge in [0.15, 0.2) is 0 Å². The Morgan fingerprint density at radius 1 is 0.434 bits per heavy atom. The third-order valence-electron chi connectivity index (χ3n) is 11.6. The van der Waals surface area contributed by atoms with Crippen molar-refractivity contribution < 1.29 is 27.0 Å². The first-order valence-corrected chi connectivity index (χ1v) is 20.1. The summed E-state index contributed by atoms with van der Waals surface area (Å²) in [6.07, 6.45) is 20.2. The first-order valence-electron chi connectivity index (χ1n) is 20.1. The quantitative estimate of drug-likeness (QED) is 0.113. The molecule has 0 radical (unpaired) electrons. The minimum atomic E-state index is -2.78. The predicted molar refractivity (Wildman–Crippen MR) is 210 cm³/mol. The van der Waals surface area contributed by atoms with Crippen LogP contribution < -0.4 is 9.47 Å². The van der Waals surface area contributed by atoms with E-state index in [1.807, 2.05) is 24.3 Å². The van der Waals surface area contributed by atoms with Gasteiger partial charge in [-0.3, -0.25) is 0 Å². The summed E-state index contributed by atoms with van der Waals surface area (Å²) in [4.78, 5) is 0. The van der Waals surface area contributed by atoms with E-state index in [4.69, 9.17) is 0 Å². The predicted octanol–water partition coefficient (Wildman–Crippen LogP) is 14.6. The first-order chi connectivity index (χ1) is 25.8. The lowest BCUT2D eigenvalue weighted by molar-refractivity contribution is -0.0505. The van der Waals surface area contributed by atoms with Gasteiger partial charge in [-0.25, -0.2) is 0 Å². The van der Waals surface area contributed by atoms with Crippen molar-refractivity contribution in [3.8, 4) is 33.8 Å². The lowest BCUT2D eigenvalue weighted by Crippen LogP contribution is -2.15. The van der Waals surface area contributed by atoms with Gasteiger partial charge in [-0.05, 0) is 107 Å². The summed E-state index contributed by atoms with van der Waals surface area (Å²) >= 11 is 0. The summed E-state index contributed by atoms with van der Waals surface area (Å²) < 4.78 is 57.7. The zero-order valence-corrected chi connectivity index (χ0v) is 31.6. The Balaban J connectivity index is 0.000000204. The monoisotopic (exact) mass is 730 g/mol. The smallest absolute Gasteiger partial charge is 0.387 e. The molecule has 0 amide bonds. The van der Waals surface area contributed by atoms with Crippen LogP contribution in [0.4, 0.5) is 17.6 Å². The van der Waals surface area contributed by atoms with Crippen LogP contribution in [0.25, 0.3) is 22.3 Å². The molecule has 286 valence electrons. The number of hydrogen-bond donors (Lipinski definition) is 0. The van der Waals surface area contributed by atoms with Crippen LogP contribution >= 0.6 is 0 Å². The fourth-order valence-corrected chi connectivity index (χ4v) is 8.27. The summed E-state index contributed by atoms with van der Waals surface area (Å²) in [7, 11) is 0. The van der Waals surface area contributed by atoms with Gasteiger partial charge in [0.1, 0.15) is 11.5 Å². The van der Waals surface area contributed by atoms with Gasteiger partial charge in [0.05, 0.1) is 0 Å². The summed E-state index contributed by atoms with van der Waals surface area (Å²) in [6.45, 7) is -0.957. The highest BCUT2D eigenvalue weighted by molar-refractivity contribution is 5.65. The molecule has 2 aliphatic rings. The summed E-state index contributed by atoms with van der Waals surface area (Å²) in [5, 5.41) is 0. The number of ether oxygens (including phenoxy) is 2. The van der Waals surface area contributed by atoms with E-state index in [2.05, 4.69) is 71.9 Å². The molecule has 6 heteroatoms.